The number of fused-ring (bicyclic) bond motifs is 1. The van der Waals surface area contributed by atoms with Gasteiger partial charge in [0.1, 0.15) is 10.7 Å². The van der Waals surface area contributed by atoms with Gasteiger partial charge in [-0.2, -0.15) is 0 Å². The van der Waals surface area contributed by atoms with E-state index in [-0.39, 0.29) is 23.1 Å². The molecule has 1 aromatic heterocycles. The van der Waals surface area contributed by atoms with E-state index >= 15 is 0 Å². The summed E-state index contributed by atoms with van der Waals surface area (Å²) in [5.74, 6) is -1.12. The topological polar surface area (TPSA) is 79.4 Å². The van der Waals surface area contributed by atoms with Crippen LogP contribution in [-0.4, -0.2) is 34.7 Å². The second-order valence-electron chi connectivity index (χ2n) is 5.93. The number of amides is 3. The number of nitrogens with one attached hydrogen (secondary N) is 1. The van der Waals surface area contributed by atoms with Crippen molar-refractivity contribution >= 4 is 46.3 Å². The Hall–Kier alpha value is -3.03. The van der Waals surface area contributed by atoms with E-state index in [2.05, 4.69) is 10.3 Å². The van der Waals surface area contributed by atoms with Crippen molar-refractivity contribution in [2.75, 3.05) is 12.4 Å². The Morgan fingerprint density at radius 1 is 1.07 bits per heavy atom. The van der Waals surface area contributed by atoms with Gasteiger partial charge in [0.2, 0.25) is 0 Å². The normalized spacial score (nSPS) is 13.0. The van der Waals surface area contributed by atoms with Gasteiger partial charge in [0, 0.05) is 28.7 Å². The van der Waals surface area contributed by atoms with Crippen LogP contribution in [0.25, 0.3) is 10.6 Å². The molecule has 0 saturated heterocycles. The first-order valence-electron chi connectivity index (χ1n) is 7.93. The van der Waals surface area contributed by atoms with E-state index in [1.165, 1.54) is 30.5 Å². The summed E-state index contributed by atoms with van der Waals surface area (Å²) in [6.45, 7) is 0. The second-order valence-corrected chi connectivity index (χ2v) is 7.22. The predicted octanol–water partition coefficient (Wildman–Crippen LogP) is 3.94. The van der Waals surface area contributed by atoms with Gasteiger partial charge in [0.15, 0.2) is 0 Å². The van der Waals surface area contributed by atoms with Gasteiger partial charge in [-0.1, -0.05) is 23.7 Å². The maximum Gasteiger partial charge on any atom is 0.275 e. The largest absolute Gasteiger partial charge is 0.321 e. The molecule has 0 fully saturated rings. The summed E-state index contributed by atoms with van der Waals surface area (Å²) in [5, 5.41) is 5.71. The SMILES string of the molecule is CN1C(=O)c2ccc(NC(=O)c3csc(-c4ccc(Cl)cc4)n3)cc2C1=O. The smallest absolute Gasteiger partial charge is 0.275 e. The monoisotopic (exact) mass is 397 g/mol. The van der Waals surface area contributed by atoms with Crippen LogP contribution in [0, 0.1) is 0 Å². The molecule has 1 aliphatic heterocycles. The maximum atomic E-state index is 12.5. The molecule has 0 unspecified atom stereocenters. The van der Waals surface area contributed by atoms with Gasteiger partial charge >= 0.3 is 0 Å². The van der Waals surface area contributed by atoms with Gasteiger partial charge in [-0.05, 0) is 30.3 Å². The molecule has 0 saturated carbocycles. The van der Waals surface area contributed by atoms with Gasteiger partial charge in [-0.15, -0.1) is 11.3 Å². The zero-order valence-corrected chi connectivity index (χ0v) is 15.6. The molecule has 0 atom stereocenters. The number of anilines is 1. The third-order valence-corrected chi connectivity index (χ3v) is 5.32. The van der Waals surface area contributed by atoms with Crippen LogP contribution in [0.15, 0.2) is 47.8 Å². The molecule has 0 bridgehead atoms. The molecule has 0 aliphatic carbocycles. The van der Waals surface area contributed by atoms with E-state index in [4.69, 9.17) is 11.6 Å². The quantitative estimate of drug-likeness (QED) is 0.679. The molecule has 8 heteroatoms. The first kappa shape index (κ1) is 17.4. The van der Waals surface area contributed by atoms with Crippen molar-refractivity contribution in [3.05, 3.63) is 69.7 Å². The van der Waals surface area contributed by atoms with Gasteiger partial charge in [0.25, 0.3) is 17.7 Å². The van der Waals surface area contributed by atoms with Gasteiger partial charge in [-0.25, -0.2) is 4.98 Å². The number of rotatable bonds is 3. The predicted molar refractivity (Wildman–Crippen MR) is 103 cm³/mol. The minimum Gasteiger partial charge on any atom is -0.321 e. The lowest BCUT2D eigenvalue weighted by molar-refractivity contribution is 0.0692. The molecular formula is C19H12ClN3O3S. The fourth-order valence-electron chi connectivity index (χ4n) is 2.74. The Morgan fingerprint density at radius 2 is 1.78 bits per heavy atom. The number of carbonyl (C=O) groups excluding carboxylic acids is 3. The summed E-state index contributed by atoms with van der Waals surface area (Å²) in [5.41, 5.74) is 2.17. The summed E-state index contributed by atoms with van der Waals surface area (Å²) in [6, 6.07) is 11.8. The van der Waals surface area contributed by atoms with E-state index in [1.54, 1.807) is 23.6 Å². The average molecular weight is 398 g/mol. The first-order chi connectivity index (χ1) is 12.9. The third kappa shape index (κ3) is 3.11. The minimum absolute atomic E-state index is 0.268. The van der Waals surface area contributed by atoms with Crippen LogP contribution >= 0.6 is 22.9 Å². The van der Waals surface area contributed by atoms with E-state index in [0.29, 0.717) is 21.3 Å². The highest BCUT2D eigenvalue weighted by atomic mass is 35.5. The highest BCUT2D eigenvalue weighted by Crippen LogP contribution is 2.27. The van der Waals surface area contributed by atoms with E-state index < -0.39 is 5.91 Å². The van der Waals surface area contributed by atoms with Crippen molar-refractivity contribution < 1.29 is 14.4 Å². The Labute approximate surface area is 163 Å². The van der Waals surface area contributed by atoms with Crippen molar-refractivity contribution in [1.82, 2.24) is 9.88 Å². The van der Waals surface area contributed by atoms with Crippen LogP contribution in [0.5, 0.6) is 0 Å². The van der Waals surface area contributed by atoms with Gasteiger partial charge < -0.3 is 5.32 Å². The Balaban J connectivity index is 1.55. The fraction of sp³-hybridized carbons (Fsp3) is 0.0526. The van der Waals surface area contributed by atoms with Crippen molar-refractivity contribution in [2.24, 2.45) is 0 Å². The average Bonchev–Trinajstić information content (AvgIpc) is 3.23. The molecule has 1 N–H and O–H groups in total. The summed E-state index contributed by atoms with van der Waals surface area (Å²) in [7, 11) is 1.43. The molecule has 6 nitrogen and oxygen atoms in total. The Kier molecular flexibility index (Phi) is 4.25. The maximum absolute atomic E-state index is 12.5. The van der Waals surface area contributed by atoms with E-state index in [1.807, 2.05) is 12.1 Å². The molecule has 0 spiro atoms. The lowest BCUT2D eigenvalue weighted by atomic mass is 10.1. The lowest BCUT2D eigenvalue weighted by Crippen LogP contribution is -2.24. The van der Waals surface area contributed by atoms with Crippen molar-refractivity contribution in [2.45, 2.75) is 0 Å². The number of aromatic nitrogens is 1. The molecule has 2 aromatic carbocycles. The molecule has 27 heavy (non-hydrogen) atoms. The van der Waals surface area contributed by atoms with Crippen molar-refractivity contribution in [3.63, 3.8) is 0 Å². The van der Waals surface area contributed by atoms with Gasteiger partial charge in [-0.3, -0.25) is 19.3 Å². The number of nitrogens with zero attached hydrogens (tertiary/aromatic N) is 2. The lowest BCUT2D eigenvalue weighted by Gasteiger charge is -2.04. The molecule has 2 heterocycles. The molecule has 134 valence electrons. The number of hydrogen-bond acceptors (Lipinski definition) is 5. The Bertz CT molecular complexity index is 1090. The number of thiazole rings is 1. The minimum atomic E-state index is -0.392. The van der Waals surface area contributed by atoms with Crippen LogP contribution in [0.4, 0.5) is 5.69 Å². The summed E-state index contributed by atoms with van der Waals surface area (Å²) in [4.78, 5) is 41.9. The standard InChI is InChI=1S/C19H12ClN3O3S/c1-23-18(25)13-7-6-12(8-14(13)19(23)26)21-16(24)15-9-27-17(22-15)10-2-4-11(20)5-3-10/h2-9H,1H3,(H,21,24). The molecular weight excluding hydrogens is 386 g/mol. The molecule has 3 aromatic rings. The van der Waals surface area contributed by atoms with E-state index in [9.17, 15) is 14.4 Å². The summed E-state index contributed by atoms with van der Waals surface area (Å²) >= 11 is 7.23. The zero-order chi connectivity index (χ0) is 19.1. The third-order valence-electron chi connectivity index (χ3n) is 4.18. The summed E-state index contributed by atoms with van der Waals surface area (Å²) in [6.07, 6.45) is 0. The number of imide groups is 1. The van der Waals surface area contributed by atoms with E-state index in [0.717, 1.165) is 10.5 Å². The fourth-order valence-corrected chi connectivity index (χ4v) is 3.67. The number of halogens is 1. The molecule has 0 radical (unpaired) electrons. The highest BCUT2D eigenvalue weighted by molar-refractivity contribution is 7.13. The first-order valence-corrected chi connectivity index (χ1v) is 9.19. The van der Waals surface area contributed by atoms with Crippen molar-refractivity contribution in [3.8, 4) is 10.6 Å². The van der Waals surface area contributed by atoms with Crippen LogP contribution in [0.2, 0.25) is 5.02 Å². The Morgan fingerprint density at radius 3 is 2.52 bits per heavy atom. The highest BCUT2D eigenvalue weighted by Gasteiger charge is 2.32. The zero-order valence-electron chi connectivity index (χ0n) is 14.0. The van der Waals surface area contributed by atoms with Crippen LogP contribution in [0.1, 0.15) is 31.2 Å². The molecule has 3 amide bonds. The molecule has 4 rings (SSSR count). The van der Waals surface area contributed by atoms with Crippen LogP contribution in [-0.2, 0) is 0 Å². The van der Waals surface area contributed by atoms with Gasteiger partial charge in [0.05, 0.1) is 11.1 Å². The van der Waals surface area contributed by atoms with Crippen molar-refractivity contribution in [1.29, 1.82) is 0 Å². The molecule has 1 aliphatic rings. The number of carbonyl (C=O) groups is 3. The number of hydrogen-bond donors (Lipinski definition) is 1. The second kappa shape index (κ2) is 6.61. The number of benzene rings is 2. The van der Waals surface area contributed by atoms with Crippen LogP contribution < -0.4 is 5.32 Å². The van der Waals surface area contributed by atoms with Crippen LogP contribution in [0.3, 0.4) is 0 Å². The summed E-state index contributed by atoms with van der Waals surface area (Å²) < 4.78 is 0.